The summed E-state index contributed by atoms with van der Waals surface area (Å²) in [5, 5.41) is 3.25. The summed E-state index contributed by atoms with van der Waals surface area (Å²) in [7, 11) is 1.33. The van der Waals surface area contributed by atoms with Gasteiger partial charge in [-0.1, -0.05) is 0 Å². The minimum atomic E-state index is -0.377. The van der Waals surface area contributed by atoms with Crippen LogP contribution in [-0.2, 0) is 14.3 Å². The predicted octanol–water partition coefficient (Wildman–Crippen LogP) is -0.698. The number of carbonyl (C=O) groups is 2. The van der Waals surface area contributed by atoms with Crippen molar-refractivity contribution in [3.8, 4) is 0 Å². The van der Waals surface area contributed by atoms with Crippen LogP contribution in [0.4, 0.5) is 0 Å². The van der Waals surface area contributed by atoms with Gasteiger partial charge in [-0.2, -0.15) is 0 Å². The first kappa shape index (κ1) is 14.9. The van der Waals surface area contributed by atoms with E-state index >= 15 is 0 Å². The zero-order valence-corrected chi connectivity index (χ0v) is 11.4. The van der Waals surface area contributed by atoms with Crippen molar-refractivity contribution in [3.63, 3.8) is 0 Å². The maximum atomic E-state index is 12.3. The van der Waals surface area contributed by atoms with Crippen molar-refractivity contribution in [2.24, 2.45) is 0 Å². The van der Waals surface area contributed by atoms with E-state index in [0.29, 0.717) is 6.54 Å². The number of ether oxygens (including phenoxy) is 1. The number of hydrogen-bond donors (Lipinski definition) is 1. The van der Waals surface area contributed by atoms with Gasteiger partial charge < -0.3 is 15.0 Å². The molecule has 6 nitrogen and oxygen atoms in total. The van der Waals surface area contributed by atoms with Gasteiger partial charge in [-0.05, 0) is 13.8 Å². The van der Waals surface area contributed by atoms with Crippen molar-refractivity contribution >= 4 is 11.9 Å². The fourth-order valence-corrected chi connectivity index (χ4v) is 2.06. The molecule has 0 radical (unpaired) electrons. The van der Waals surface area contributed by atoms with Crippen molar-refractivity contribution in [1.29, 1.82) is 0 Å². The summed E-state index contributed by atoms with van der Waals surface area (Å²) >= 11 is 0. The number of nitrogens with one attached hydrogen (secondary N) is 1. The molecule has 0 aromatic carbocycles. The Morgan fingerprint density at radius 2 is 2.00 bits per heavy atom. The Kier molecular flexibility index (Phi) is 6.07. The van der Waals surface area contributed by atoms with Crippen molar-refractivity contribution in [1.82, 2.24) is 15.1 Å². The summed E-state index contributed by atoms with van der Waals surface area (Å²) < 4.78 is 4.60. The van der Waals surface area contributed by atoms with Crippen LogP contribution in [0.25, 0.3) is 0 Å². The van der Waals surface area contributed by atoms with Gasteiger partial charge in [0.15, 0.2) is 0 Å². The highest BCUT2D eigenvalue weighted by molar-refractivity contribution is 5.85. The Bertz CT molecular complexity index is 290. The summed E-state index contributed by atoms with van der Waals surface area (Å²) in [6, 6.07) is -0.184. The van der Waals surface area contributed by atoms with Gasteiger partial charge in [-0.15, -0.1) is 0 Å². The molecule has 0 saturated carbocycles. The number of carbonyl (C=O) groups excluding carboxylic acids is 2. The maximum absolute atomic E-state index is 12.3. The quantitative estimate of drug-likeness (QED) is 0.660. The number of methoxy groups -OCH3 is 1. The average Bonchev–Trinajstić information content (AvgIpc) is 2.43. The van der Waals surface area contributed by atoms with E-state index in [4.69, 9.17) is 0 Å². The second kappa shape index (κ2) is 7.33. The van der Waals surface area contributed by atoms with E-state index in [1.54, 1.807) is 4.90 Å². The molecule has 1 aliphatic heterocycles. The summed E-state index contributed by atoms with van der Waals surface area (Å²) in [6.07, 6.45) is 0. The maximum Gasteiger partial charge on any atom is 0.325 e. The molecule has 0 aromatic heterocycles. The van der Waals surface area contributed by atoms with E-state index in [-0.39, 0.29) is 24.5 Å². The van der Waals surface area contributed by atoms with Gasteiger partial charge in [0, 0.05) is 32.7 Å². The zero-order chi connectivity index (χ0) is 13.5. The minimum Gasteiger partial charge on any atom is -0.468 e. The molecule has 1 fully saturated rings. The topological polar surface area (TPSA) is 61.9 Å². The zero-order valence-electron chi connectivity index (χ0n) is 11.4. The third-order valence-corrected chi connectivity index (χ3v) is 3.30. The van der Waals surface area contributed by atoms with E-state index < -0.39 is 0 Å². The number of hydrogen-bond acceptors (Lipinski definition) is 5. The van der Waals surface area contributed by atoms with Crippen LogP contribution in [0.1, 0.15) is 13.8 Å². The number of nitrogens with zero attached hydrogens (tertiary/aromatic N) is 2. The summed E-state index contributed by atoms with van der Waals surface area (Å²) in [5.41, 5.74) is 0. The second-order valence-electron chi connectivity index (χ2n) is 4.39. The molecule has 0 aromatic rings. The molecule has 104 valence electrons. The van der Waals surface area contributed by atoms with Crippen LogP contribution in [0.5, 0.6) is 0 Å². The second-order valence-corrected chi connectivity index (χ2v) is 4.39. The largest absolute Gasteiger partial charge is 0.468 e. The molecule has 1 aliphatic rings. The highest BCUT2D eigenvalue weighted by Gasteiger charge is 2.27. The number of esters is 1. The third kappa shape index (κ3) is 3.96. The van der Waals surface area contributed by atoms with Gasteiger partial charge in [0.25, 0.3) is 0 Å². The normalized spacial score (nSPS) is 18.2. The molecule has 1 atom stereocenters. The summed E-state index contributed by atoms with van der Waals surface area (Å²) in [6.45, 7) is 7.85. The van der Waals surface area contributed by atoms with Crippen molar-refractivity contribution < 1.29 is 14.3 Å². The van der Waals surface area contributed by atoms with Crippen LogP contribution < -0.4 is 5.32 Å². The molecule has 0 spiro atoms. The van der Waals surface area contributed by atoms with Gasteiger partial charge in [0.2, 0.25) is 5.91 Å². The van der Waals surface area contributed by atoms with Crippen LogP contribution in [0.15, 0.2) is 0 Å². The molecular formula is C12H23N3O3. The fraction of sp³-hybridized carbons (Fsp3) is 0.833. The molecule has 0 bridgehead atoms. The lowest BCUT2D eigenvalue weighted by molar-refractivity contribution is -0.148. The molecular weight excluding hydrogens is 234 g/mol. The molecule has 1 heterocycles. The summed E-state index contributed by atoms with van der Waals surface area (Å²) in [5.74, 6) is -0.387. The first-order valence-electron chi connectivity index (χ1n) is 6.40. The number of piperazine rings is 1. The number of amides is 1. The Hall–Kier alpha value is -1.14. The third-order valence-electron chi connectivity index (χ3n) is 3.30. The molecule has 1 rings (SSSR count). The lowest BCUT2D eigenvalue weighted by atomic mass is 10.2. The monoisotopic (exact) mass is 257 g/mol. The van der Waals surface area contributed by atoms with Crippen LogP contribution in [0, 0.1) is 0 Å². The highest BCUT2D eigenvalue weighted by Crippen LogP contribution is 2.05. The Morgan fingerprint density at radius 3 is 2.50 bits per heavy atom. The lowest BCUT2D eigenvalue weighted by Gasteiger charge is -2.34. The first-order chi connectivity index (χ1) is 8.60. The van der Waals surface area contributed by atoms with Gasteiger partial charge >= 0.3 is 5.97 Å². The van der Waals surface area contributed by atoms with Gasteiger partial charge in [0.1, 0.15) is 6.54 Å². The standard InChI is InChI=1S/C12H23N3O3/c1-4-14(9-11(16)18-3)12(17)10(2)15-7-5-13-6-8-15/h10,13H,4-9H2,1-3H3. The molecule has 6 heteroatoms. The fourth-order valence-electron chi connectivity index (χ4n) is 2.06. The van der Waals surface area contributed by atoms with E-state index in [1.165, 1.54) is 7.11 Å². The Morgan fingerprint density at radius 1 is 1.39 bits per heavy atom. The lowest BCUT2D eigenvalue weighted by Crippen LogP contribution is -2.54. The first-order valence-corrected chi connectivity index (χ1v) is 6.40. The van der Waals surface area contributed by atoms with Crippen LogP contribution in [0.3, 0.4) is 0 Å². The number of likely N-dealkylation sites (N-methyl/N-ethyl adjacent to an activating group) is 1. The van der Waals surface area contributed by atoms with Crippen LogP contribution >= 0.6 is 0 Å². The van der Waals surface area contributed by atoms with Gasteiger partial charge in [0.05, 0.1) is 13.2 Å². The van der Waals surface area contributed by atoms with Crippen LogP contribution in [-0.4, -0.2) is 74.1 Å². The van der Waals surface area contributed by atoms with Crippen molar-refractivity contribution in [2.75, 3.05) is 46.4 Å². The van der Waals surface area contributed by atoms with E-state index in [2.05, 4.69) is 15.0 Å². The molecule has 1 N–H and O–H groups in total. The Balaban J connectivity index is 2.55. The van der Waals surface area contributed by atoms with Gasteiger partial charge in [-0.3, -0.25) is 14.5 Å². The van der Waals surface area contributed by atoms with E-state index in [9.17, 15) is 9.59 Å². The molecule has 18 heavy (non-hydrogen) atoms. The van der Waals surface area contributed by atoms with E-state index in [0.717, 1.165) is 26.2 Å². The van der Waals surface area contributed by atoms with E-state index in [1.807, 2.05) is 13.8 Å². The predicted molar refractivity (Wildman–Crippen MR) is 68.2 cm³/mol. The van der Waals surface area contributed by atoms with Gasteiger partial charge in [-0.25, -0.2) is 0 Å². The molecule has 1 unspecified atom stereocenters. The average molecular weight is 257 g/mol. The van der Waals surface area contributed by atoms with Crippen molar-refractivity contribution in [2.45, 2.75) is 19.9 Å². The molecule has 1 amide bonds. The minimum absolute atomic E-state index is 0.00944. The highest BCUT2D eigenvalue weighted by atomic mass is 16.5. The van der Waals surface area contributed by atoms with Crippen molar-refractivity contribution in [3.05, 3.63) is 0 Å². The SMILES string of the molecule is CCN(CC(=O)OC)C(=O)C(C)N1CCNCC1. The smallest absolute Gasteiger partial charge is 0.325 e. The molecule has 1 saturated heterocycles. The Labute approximate surface area is 108 Å². The van der Waals surface area contributed by atoms with Crippen LogP contribution in [0.2, 0.25) is 0 Å². The summed E-state index contributed by atoms with van der Waals surface area (Å²) in [4.78, 5) is 27.2. The molecule has 0 aliphatic carbocycles. The number of rotatable bonds is 5.